The van der Waals surface area contributed by atoms with Gasteiger partial charge in [-0.25, -0.2) is 8.42 Å². The lowest BCUT2D eigenvalue weighted by Crippen LogP contribution is -2.33. The van der Waals surface area contributed by atoms with Gasteiger partial charge in [0, 0.05) is 39.4 Å². The van der Waals surface area contributed by atoms with E-state index in [2.05, 4.69) is 10.6 Å². The van der Waals surface area contributed by atoms with Crippen LogP contribution < -0.4 is 14.9 Å². The number of hydrogen-bond acceptors (Lipinski definition) is 5. The van der Waals surface area contributed by atoms with Crippen molar-refractivity contribution in [2.75, 3.05) is 44.7 Å². The SMILES string of the molecule is COCCNCCNC(=O)c1cccc(S(=O)(=O)N(C)c2ccccc2)c1.Cl. The highest BCUT2D eigenvalue weighted by Crippen LogP contribution is 2.22. The van der Waals surface area contributed by atoms with Crippen molar-refractivity contribution in [3.63, 3.8) is 0 Å². The fraction of sp³-hybridized carbons (Fsp3) is 0.316. The molecule has 0 saturated heterocycles. The van der Waals surface area contributed by atoms with Gasteiger partial charge < -0.3 is 15.4 Å². The molecule has 154 valence electrons. The van der Waals surface area contributed by atoms with Crippen LogP contribution in [0.15, 0.2) is 59.5 Å². The van der Waals surface area contributed by atoms with Crippen LogP contribution in [0.25, 0.3) is 0 Å². The van der Waals surface area contributed by atoms with Gasteiger partial charge in [-0.2, -0.15) is 0 Å². The zero-order chi connectivity index (χ0) is 19.7. The molecule has 7 nitrogen and oxygen atoms in total. The lowest BCUT2D eigenvalue weighted by atomic mass is 10.2. The molecule has 2 aromatic rings. The molecule has 1 amide bonds. The van der Waals surface area contributed by atoms with Crippen LogP contribution in [0, 0.1) is 0 Å². The fourth-order valence-corrected chi connectivity index (χ4v) is 3.64. The van der Waals surface area contributed by atoms with E-state index in [9.17, 15) is 13.2 Å². The second-order valence-electron chi connectivity index (χ2n) is 5.83. The summed E-state index contributed by atoms with van der Waals surface area (Å²) in [4.78, 5) is 12.3. The minimum Gasteiger partial charge on any atom is -0.383 e. The normalized spacial score (nSPS) is 10.8. The molecule has 0 radical (unpaired) electrons. The highest BCUT2D eigenvalue weighted by molar-refractivity contribution is 7.92. The molecule has 0 aliphatic heterocycles. The van der Waals surface area contributed by atoms with Gasteiger partial charge in [-0.15, -0.1) is 12.4 Å². The van der Waals surface area contributed by atoms with E-state index in [-0.39, 0.29) is 23.2 Å². The molecule has 0 aliphatic rings. The first-order valence-corrected chi connectivity index (χ1v) is 10.0. The number of ether oxygens (including phenoxy) is 1. The number of rotatable bonds is 10. The summed E-state index contributed by atoms with van der Waals surface area (Å²) < 4.78 is 31.8. The number of amides is 1. The number of carbonyl (C=O) groups excluding carboxylic acids is 1. The van der Waals surface area contributed by atoms with Crippen LogP contribution >= 0.6 is 12.4 Å². The summed E-state index contributed by atoms with van der Waals surface area (Å²) in [5.74, 6) is -0.317. The van der Waals surface area contributed by atoms with Crippen LogP contribution in [0.1, 0.15) is 10.4 Å². The van der Waals surface area contributed by atoms with E-state index in [1.165, 1.54) is 23.5 Å². The quantitative estimate of drug-likeness (QED) is 0.565. The van der Waals surface area contributed by atoms with E-state index < -0.39 is 10.0 Å². The van der Waals surface area contributed by atoms with Crippen molar-refractivity contribution in [1.29, 1.82) is 0 Å². The third-order valence-electron chi connectivity index (χ3n) is 3.94. The van der Waals surface area contributed by atoms with Crippen LogP contribution in [0.3, 0.4) is 0 Å². The molecule has 0 fully saturated rings. The summed E-state index contributed by atoms with van der Waals surface area (Å²) >= 11 is 0. The number of benzene rings is 2. The van der Waals surface area contributed by atoms with Crippen molar-refractivity contribution in [1.82, 2.24) is 10.6 Å². The van der Waals surface area contributed by atoms with Gasteiger partial charge in [-0.05, 0) is 30.3 Å². The lowest BCUT2D eigenvalue weighted by Gasteiger charge is -2.19. The van der Waals surface area contributed by atoms with Crippen molar-refractivity contribution in [2.45, 2.75) is 4.90 Å². The highest BCUT2D eigenvalue weighted by atomic mass is 35.5. The summed E-state index contributed by atoms with van der Waals surface area (Å²) in [5.41, 5.74) is 0.851. The summed E-state index contributed by atoms with van der Waals surface area (Å²) in [7, 11) is -0.643. The van der Waals surface area contributed by atoms with Gasteiger partial charge in [0.25, 0.3) is 15.9 Å². The van der Waals surface area contributed by atoms with Crippen LogP contribution in [0.5, 0.6) is 0 Å². The molecule has 0 heterocycles. The Morgan fingerprint density at radius 1 is 1.04 bits per heavy atom. The zero-order valence-corrected chi connectivity index (χ0v) is 17.6. The van der Waals surface area contributed by atoms with E-state index in [0.29, 0.717) is 37.5 Å². The maximum atomic E-state index is 12.8. The minimum absolute atomic E-state index is 0. The van der Waals surface area contributed by atoms with Gasteiger partial charge in [0.1, 0.15) is 0 Å². The standard InChI is InChI=1S/C19H25N3O4S.ClH/c1-22(17-8-4-3-5-9-17)27(24,25)18-10-6-7-16(15-18)19(23)21-12-11-20-13-14-26-2;/h3-10,15,20H,11-14H2,1-2H3,(H,21,23);1H. The third kappa shape index (κ3) is 6.49. The fourth-order valence-electron chi connectivity index (χ4n) is 2.40. The number of carbonyl (C=O) groups is 1. The van der Waals surface area contributed by atoms with Gasteiger partial charge in [-0.3, -0.25) is 9.10 Å². The Balaban J connectivity index is 0.00000392. The zero-order valence-electron chi connectivity index (χ0n) is 15.9. The molecule has 2 N–H and O–H groups in total. The average Bonchev–Trinajstić information content (AvgIpc) is 2.70. The van der Waals surface area contributed by atoms with Crippen molar-refractivity contribution in [3.8, 4) is 0 Å². The smallest absolute Gasteiger partial charge is 0.264 e. The number of para-hydroxylation sites is 1. The van der Waals surface area contributed by atoms with E-state index in [4.69, 9.17) is 4.74 Å². The molecule has 0 bridgehead atoms. The predicted molar refractivity (Wildman–Crippen MR) is 113 cm³/mol. The van der Waals surface area contributed by atoms with E-state index in [1.807, 2.05) is 6.07 Å². The topological polar surface area (TPSA) is 87.7 Å². The first-order valence-electron chi connectivity index (χ1n) is 8.58. The monoisotopic (exact) mass is 427 g/mol. The number of nitrogens with zero attached hydrogens (tertiary/aromatic N) is 1. The molecule has 9 heteroatoms. The Bertz CT molecular complexity index is 847. The number of hydrogen-bond donors (Lipinski definition) is 2. The number of nitrogens with one attached hydrogen (secondary N) is 2. The van der Waals surface area contributed by atoms with Gasteiger partial charge in [0.2, 0.25) is 0 Å². The molecule has 0 aliphatic carbocycles. The first kappa shape index (κ1) is 23.9. The van der Waals surface area contributed by atoms with Gasteiger partial charge >= 0.3 is 0 Å². The number of methoxy groups -OCH3 is 1. The maximum absolute atomic E-state index is 12.8. The molecule has 2 rings (SSSR count). The van der Waals surface area contributed by atoms with Crippen LogP contribution in [0.4, 0.5) is 5.69 Å². The second-order valence-corrected chi connectivity index (χ2v) is 7.80. The van der Waals surface area contributed by atoms with E-state index in [0.717, 1.165) is 0 Å². The third-order valence-corrected chi connectivity index (χ3v) is 5.73. The van der Waals surface area contributed by atoms with Crippen molar-refractivity contribution >= 4 is 34.0 Å². The maximum Gasteiger partial charge on any atom is 0.264 e. The Morgan fingerprint density at radius 3 is 2.43 bits per heavy atom. The second kappa shape index (κ2) is 11.7. The van der Waals surface area contributed by atoms with Gasteiger partial charge in [0.15, 0.2) is 0 Å². The molecule has 0 atom stereocenters. The van der Waals surface area contributed by atoms with Crippen LogP contribution in [0.2, 0.25) is 0 Å². The Morgan fingerprint density at radius 2 is 1.75 bits per heavy atom. The molecular formula is C19H26ClN3O4S. The average molecular weight is 428 g/mol. The number of anilines is 1. The molecule has 0 saturated carbocycles. The van der Waals surface area contributed by atoms with Crippen molar-refractivity contribution in [3.05, 3.63) is 60.2 Å². The largest absolute Gasteiger partial charge is 0.383 e. The Kier molecular flexibility index (Phi) is 9.95. The van der Waals surface area contributed by atoms with E-state index >= 15 is 0 Å². The molecule has 0 unspecified atom stereocenters. The Labute approximate surface area is 172 Å². The first-order chi connectivity index (χ1) is 13.0. The lowest BCUT2D eigenvalue weighted by molar-refractivity contribution is 0.0953. The molecule has 0 spiro atoms. The van der Waals surface area contributed by atoms with Crippen molar-refractivity contribution < 1.29 is 17.9 Å². The van der Waals surface area contributed by atoms with Gasteiger partial charge in [-0.1, -0.05) is 24.3 Å². The Hall–Kier alpha value is -2.13. The highest BCUT2D eigenvalue weighted by Gasteiger charge is 2.22. The molecular weight excluding hydrogens is 402 g/mol. The molecule has 2 aromatic carbocycles. The summed E-state index contributed by atoms with van der Waals surface area (Å²) in [5, 5.41) is 5.88. The summed E-state index contributed by atoms with van der Waals surface area (Å²) in [6.45, 7) is 2.34. The van der Waals surface area contributed by atoms with Crippen LogP contribution in [-0.2, 0) is 14.8 Å². The molecule has 28 heavy (non-hydrogen) atoms. The molecule has 0 aromatic heterocycles. The predicted octanol–water partition coefficient (Wildman–Crippen LogP) is 1.90. The van der Waals surface area contributed by atoms with Crippen LogP contribution in [-0.4, -0.2) is 54.7 Å². The summed E-state index contributed by atoms with van der Waals surface area (Å²) in [6.07, 6.45) is 0. The minimum atomic E-state index is -3.76. The van der Waals surface area contributed by atoms with Gasteiger partial charge in [0.05, 0.1) is 17.2 Å². The van der Waals surface area contributed by atoms with E-state index in [1.54, 1.807) is 43.5 Å². The summed E-state index contributed by atoms with van der Waals surface area (Å²) in [6, 6.07) is 14.8. The number of sulfonamides is 1. The van der Waals surface area contributed by atoms with Crippen molar-refractivity contribution in [2.24, 2.45) is 0 Å². The number of halogens is 1.